The molecule has 2 aromatic carbocycles. The molecule has 2 aliphatic rings. The van der Waals surface area contributed by atoms with Crippen LogP contribution in [0.3, 0.4) is 0 Å². The van der Waals surface area contributed by atoms with Crippen LogP contribution in [0, 0.1) is 11.8 Å². The number of esters is 1. The summed E-state index contributed by atoms with van der Waals surface area (Å²) in [6.07, 6.45) is 6.60. The molecule has 2 aliphatic carbocycles. The zero-order chi connectivity index (χ0) is 35.1. The number of rotatable bonds is 18. The van der Waals surface area contributed by atoms with E-state index in [2.05, 4.69) is 19.8 Å². The van der Waals surface area contributed by atoms with Crippen LogP contribution >= 0.6 is 23.2 Å². The number of nitrogens with zero attached hydrogens (tertiary/aromatic N) is 1. The van der Waals surface area contributed by atoms with E-state index >= 15 is 0 Å². The molecule has 3 aromatic rings. The SMILES string of the molecule is CS(=O)(=O)Nc1ccc(C(=O)NCCC(=O)O[C@@H](Cc2c(Cl)cncc2Cl)c2ccc(OC(F)F)c(OCC3CC3)c2)cc1OCC1CC1. The molecule has 11 nitrogen and oxygen atoms in total. The van der Waals surface area contributed by atoms with Gasteiger partial charge < -0.3 is 24.3 Å². The second-order valence-corrected chi connectivity index (χ2v) is 14.5. The molecule has 0 radical (unpaired) electrons. The number of hydrogen-bond acceptors (Lipinski definition) is 9. The van der Waals surface area contributed by atoms with Gasteiger partial charge >= 0.3 is 12.6 Å². The van der Waals surface area contributed by atoms with Crippen LogP contribution in [-0.4, -0.2) is 57.9 Å². The molecule has 0 spiro atoms. The van der Waals surface area contributed by atoms with Gasteiger partial charge in [-0.15, -0.1) is 0 Å². The van der Waals surface area contributed by atoms with Crippen molar-refractivity contribution in [1.29, 1.82) is 0 Å². The van der Waals surface area contributed by atoms with Crippen molar-refractivity contribution in [3.05, 3.63) is 75.5 Å². The molecule has 1 aromatic heterocycles. The van der Waals surface area contributed by atoms with Crippen molar-refractivity contribution in [2.24, 2.45) is 11.8 Å². The summed E-state index contributed by atoms with van der Waals surface area (Å²) in [7, 11) is -3.59. The third kappa shape index (κ3) is 11.3. The second kappa shape index (κ2) is 16.2. The summed E-state index contributed by atoms with van der Waals surface area (Å²) in [6, 6.07) is 8.59. The third-order valence-corrected chi connectivity index (χ3v) is 8.91. The molecule has 2 saturated carbocycles. The van der Waals surface area contributed by atoms with Gasteiger partial charge in [-0.2, -0.15) is 8.78 Å². The van der Waals surface area contributed by atoms with E-state index in [1.165, 1.54) is 48.8 Å². The maximum atomic E-state index is 13.1. The lowest BCUT2D eigenvalue weighted by atomic mass is 10.0. The number of alkyl halides is 2. The Hall–Kier alpha value is -3.88. The number of ether oxygens (including phenoxy) is 4. The monoisotopic (exact) mass is 741 g/mol. The third-order valence-electron chi connectivity index (χ3n) is 7.67. The van der Waals surface area contributed by atoms with Crippen LogP contribution in [0.1, 0.15) is 59.7 Å². The summed E-state index contributed by atoms with van der Waals surface area (Å²) < 4.78 is 74.3. The lowest BCUT2D eigenvalue weighted by Gasteiger charge is -2.21. The normalized spacial score (nSPS) is 15.0. The molecular weight excluding hydrogens is 707 g/mol. The Morgan fingerprint density at radius 3 is 2.20 bits per heavy atom. The Morgan fingerprint density at radius 1 is 0.939 bits per heavy atom. The topological polar surface area (TPSA) is 142 Å². The van der Waals surface area contributed by atoms with E-state index in [1.54, 1.807) is 0 Å². The van der Waals surface area contributed by atoms with Crippen LogP contribution in [-0.2, 0) is 26.0 Å². The van der Waals surface area contributed by atoms with Crippen LogP contribution in [0.15, 0.2) is 48.8 Å². The molecule has 1 heterocycles. The fraction of sp³-hybridized carbons (Fsp3) is 0.424. The van der Waals surface area contributed by atoms with Crippen molar-refractivity contribution < 1.29 is 45.7 Å². The molecule has 0 aliphatic heterocycles. The Labute approximate surface area is 292 Å². The number of hydrogen-bond donors (Lipinski definition) is 2. The quantitative estimate of drug-likeness (QED) is 0.138. The molecule has 264 valence electrons. The summed E-state index contributed by atoms with van der Waals surface area (Å²) in [5.41, 5.74) is 1.27. The van der Waals surface area contributed by atoms with Crippen LogP contribution in [0.25, 0.3) is 0 Å². The molecule has 49 heavy (non-hydrogen) atoms. The summed E-state index contributed by atoms with van der Waals surface area (Å²) in [6.45, 7) is -2.46. The molecule has 5 rings (SSSR count). The minimum absolute atomic E-state index is 0.0207. The van der Waals surface area contributed by atoms with E-state index < -0.39 is 34.6 Å². The van der Waals surface area contributed by atoms with Gasteiger partial charge in [0.2, 0.25) is 10.0 Å². The summed E-state index contributed by atoms with van der Waals surface area (Å²) in [5.74, 6) is -0.363. The van der Waals surface area contributed by atoms with E-state index in [-0.39, 0.29) is 57.9 Å². The van der Waals surface area contributed by atoms with E-state index in [1.807, 2.05) is 0 Å². The lowest BCUT2D eigenvalue weighted by Crippen LogP contribution is -2.27. The number of pyridine rings is 1. The van der Waals surface area contributed by atoms with Gasteiger partial charge in [-0.05, 0) is 79.0 Å². The van der Waals surface area contributed by atoms with Crippen molar-refractivity contribution in [3.63, 3.8) is 0 Å². The molecular formula is C33H35Cl2F2N3O8S. The van der Waals surface area contributed by atoms with Crippen LogP contribution in [0.2, 0.25) is 10.0 Å². The maximum Gasteiger partial charge on any atom is 0.387 e. The number of carbonyl (C=O) groups excluding carboxylic acids is 2. The fourth-order valence-electron chi connectivity index (χ4n) is 4.73. The molecule has 16 heteroatoms. The highest BCUT2D eigenvalue weighted by Gasteiger charge is 2.26. The number of anilines is 1. The Kier molecular flexibility index (Phi) is 12.0. The molecule has 1 amide bonds. The predicted molar refractivity (Wildman–Crippen MR) is 178 cm³/mol. The van der Waals surface area contributed by atoms with Crippen molar-refractivity contribution in [2.45, 2.75) is 51.2 Å². The van der Waals surface area contributed by atoms with Gasteiger partial charge in [0.25, 0.3) is 5.91 Å². The van der Waals surface area contributed by atoms with Gasteiger partial charge in [-0.3, -0.25) is 19.3 Å². The lowest BCUT2D eigenvalue weighted by molar-refractivity contribution is -0.149. The van der Waals surface area contributed by atoms with Gasteiger partial charge in [0, 0.05) is 30.9 Å². The molecule has 0 unspecified atom stereocenters. The number of halogens is 4. The first kappa shape index (κ1) is 36.4. The van der Waals surface area contributed by atoms with Crippen LogP contribution in [0.5, 0.6) is 17.2 Å². The summed E-state index contributed by atoms with van der Waals surface area (Å²) >= 11 is 12.7. The maximum absolute atomic E-state index is 13.1. The summed E-state index contributed by atoms with van der Waals surface area (Å²) in [5, 5.41) is 3.13. The van der Waals surface area contributed by atoms with Gasteiger partial charge in [0.05, 0.1) is 41.6 Å². The number of aromatic nitrogens is 1. The van der Waals surface area contributed by atoms with E-state index in [9.17, 15) is 26.8 Å². The number of amides is 1. The van der Waals surface area contributed by atoms with E-state index in [0.717, 1.165) is 31.9 Å². The molecule has 0 bridgehead atoms. The standard InChI is InChI=1S/C33H35Cl2F2N3O8S/c1-49(43,44)40-26-8-6-22(13-29(26)45-17-19-2-3-19)32(42)39-11-10-31(41)47-28(14-23-24(34)15-38-16-25(23)35)21-7-9-27(48-33(36)37)30(12-21)46-18-20-4-5-20/h6-9,12-13,15-16,19-20,28,33,40H,2-5,10-11,14,17-18H2,1H3,(H,39,42)/t28-/m0/s1. The molecule has 2 N–H and O–H groups in total. The highest BCUT2D eigenvalue weighted by Crippen LogP contribution is 2.38. The van der Waals surface area contributed by atoms with Crippen molar-refractivity contribution in [3.8, 4) is 17.2 Å². The second-order valence-electron chi connectivity index (χ2n) is 11.9. The zero-order valence-electron chi connectivity index (χ0n) is 26.4. The largest absolute Gasteiger partial charge is 0.491 e. The highest BCUT2D eigenvalue weighted by molar-refractivity contribution is 7.92. The Bertz CT molecular complexity index is 1750. The van der Waals surface area contributed by atoms with Gasteiger partial charge in [0.15, 0.2) is 11.5 Å². The first-order valence-corrected chi connectivity index (χ1v) is 18.2. The first-order chi connectivity index (χ1) is 23.3. The van der Waals surface area contributed by atoms with Gasteiger partial charge in [-0.25, -0.2) is 8.42 Å². The fourth-order valence-corrected chi connectivity index (χ4v) is 5.81. The van der Waals surface area contributed by atoms with Crippen LogP contribution < -0.4 is 24.2 Å². The number of nitrogens with one attached hydrogen (secondary N) is 2. The van der Waals surface area contributed by atoms with Gasteiger partial charge in [-0.1, -0.05) is 29.3 Å². The smallest absolute Gasteiger partial charge is 0.387 e. The van der Waals surface area contributed by atoms with E-state index in [0.29, 0.717) is 36.2 Å². The Balaban J connectivity index is 1.27. The van der Waals surface area contributed by atoms with Gasteiger partial charge in [0.1, 0.15) is 11.9 Å². The van der Waals surface area contributed by atoms with Crippen LogP contribution in [0.4, 0.5) is 14.5 Å². The zero-order valence-corrected chi connectivity index (χ0v) is 28.8. The molecule has 2 fully saturated rings. The number of sulfonamides is 1. The average Bonchev–Trinajstić information content (AvgIpc) is 3.96. The van der Waals surface area contributed by atoms with Crippen molar-refractivity contribution >= 4 is 50.8 Å². The highest BCUT2D eigenvalue weighted by atomic mass is 35.5. The summed E-state index contributed by atoms with van der Waals surface area (Å²) in [4.78, 5) is 30.0. The molecule has 0 saturated heterocycles. The molecule has 1 atom stereocenters. The first-order valence-electron chi connectivity index (χ1n) is 15.6. The van der Waals surface area contributed by atoms with Crippen molar-refractivity contribution in [2.75, 3.05) is 30.7 Å². The number of carbonyl (C=O) groups is 2. The minimum Gasteiger partial charge on any atom is -0.491 e. The average molecular weight is 743 g/mol. The minimum atomic E-state index is -3.59. The van der Waals surface area contributed by atoms with Crippen molar-refractivity contribution in [1.82, 2.24) is 10.3 Å². The van der Waals surface area contributed by atoms with E-state index in [4.69, 9.17) is 37.4 Å². The number of benzene rings is 2. The predicted octanol–water partition coefficient (Wildman–Crippen LogP) is 6.59. The Morgan fingerprint density at radius 2 is 1.59 bits per heavy atom.